The lowest BCUT2D eigenvalue weighted by Gasteiger charge is -2.46. The fourth-order valence-electron chi connectivity index (χ4n) is 21.0. The molecule has 0 atom stereocenters. The normalized spacial score (nSPS) is 12.4. The van der Waals surface area contributed by atoms with Gasteiger partial charge in [-0.25, -0.2) is 0 Å². The minimum Gasteiger partial charge on any atom is -0.310 e. The maximum Gasteiger partial charge on any atom is 0.252 e. The van der Waals surface area contributed by atoms with Crippen LogP contribution < -0.4 is 31.1 Å². The molecule has 25 rings (SSSR count). The van der Waals surface area contributed by atoms with Crippen molar-refractivity contribution in [1.82, 2.24) is 0 Å². The van der Waals surface area contributed by atoms with Crippen molar-refractivity contribution in [3.8, 4) is 89.0 Å². The molecule has 122 heavy (non-hydrogen) atoms. The van der Waals surface area contributed by atoms with Crippen LogP contribution >= 0.6 is 0 Å². The second kappa shape index (κ2) is 27.9. The van der Waals surface area contributed by atoms with E-state index < -0.39 is 0 Å². The second-order valence-corrected chi connectivity index (χ2v) is 32.8. The van der Waals surface area contributed by atoms with Crippen molar-refractivity contribution in [3.63, 3.8) is 0 Å². The van der Waals surface area contributed by atoms with Crippen LogP contribution in [-0.2, 0) is 0 Å². The van der Waals surface area contributed by atoms with Crippen LogP contribution in [0.3, 0.4) is 0 Å². The Kier molecular flexibility index (Phi) is 15.8. The first-order chi connectivity index (χ1) is 60.6. The smallest absolute Gasteiger partial charge is 0.252 e. The molecule has 0 spiro atoms. The van der Waals surface area contributed by atoms with Gasteiger partial charge in [0.25, 0.3) is 6.71 Å². The lowest BCUT2D eigenvalue weighted by atomic mass is 9.33. The zero-order chi connectivity index (χ0) is 80.0. The van der Waals surface area contributed by atoms with Crippen molar-refractivity contribution in [2.45, 2.75) is 0 Å². The van der Waals surface area contributed by atoms with Crippen LogP contribution in [0.25, 0.3) is 175 Å². The molecule has 23 aromatic rings. The number of rotatable bonds is 13. The van der Waals surface area contributed by atoms with Gasteiger partial charge in [-0.15, -0.1) is 0 Å². The molecule has 0 N–H and O–H groups in total. The lowest BCUT2D eigenvalue weighted by molar-refractivity contribution is 1.23. The number of nitrogens with zero attached hydrogens (tertiary/aromatic N) is 3. The average molecular weight is 1540 g/mol. The Morgan fingerprint density at radius 3 is 0.795 bits per heavy atom. The maximum atomic E-state index is 2.70. The summed E-state index contributed by atoms with van der Waals surface area (Å²) in [7, 11) is 0. The molecule has 2 heterocycles. The highest BCUT2D eigenvalue weighted by molar-refractivity contribution is 7.00. The molecular formula is C118H74BN3. The number of hydrogen-bond donors (Lipinski definition) is 0. The molecule has 2 aliphatic rings. The molecule has 0 fully saturated rings. The monoisotopic (exact) mass is 1540 g/mol. The summed E-state index contributed by atoms with van der Waals surface area (Å²) in [6, 6.07) is 170. The summed E-state index contributed by atoms with van der Waals surface area (Å²) >= 11 is 0. The Balaban J connectivity index is 0.841. The zero-order valence-corrected chi connectivity index (χ0v) is 66.6. The first-order valence-corrected chi connectivity index (χ1v) is 42.4. The summed E-state index contributed by atoms with van der Waals surface area (Å²) < 4.78 is 0. The molecule has 0 unspecified atom stereocenters. The molecule has 0 saturated heterocycles. The van der Waals surface area contributed by atoms with E-state index in [1.807, 2.05) is 0 Å². The van der Waals surface area contributed by atoms with Crippen LogP contribution in [0.4, 0.5) is 51.2 Å². The van der Waals surface area contributed by atoms with Crippen LogP contribution in [0.5, 0.6) is 0 Å². The minimum atomic E-state index is -0.378. The summed E-state index contributed by atoms with van der Waals surface area (Å²) in [5.74, 6) is 0. The molecule has 0 aromatic heterocycles. The first-order valence-electron chi connectivity index (χ1n) is 42.4. The third-order valence-electron chi connectivity index (χ3n) is 26.3. The van der Waals surface area contributed by atoms with Crippen molar-refractivity contribution in [2.75, 3.05) is 14.7 Å². The molecule has 2 aliphatic heterocycles. The molecule has 0 saturated carbocycles. The van der Waals surface area contributed by atoms with Gasteiger partial charge in [0.1, 0.15) is 0 Å². The molecule has 0 bridgehead atoms. The summed E-state index contributed by atoms with van der Waals surface area (Å²) in [6.07, 6.45) is 0. The van der Waals surface area contributed by atoms with Gasteiger partial charge in [0, 0.05) is 56.4 Å². The van der Waals surface area contributed by atoms with Crippen LogP contribution in [0.15, 0.2) is 449 Å². The number of anilines is 9. The first kappa shape index (κ1) is 69.3. The van der Waals surface area contributed by atoms with Gasteiger partial charge in [0.2, 0.25) is 0 Å². The van der Waals surface area contributed by atoms with Gasteiger partial charge in [-0.05, 0) is 218 Å². The van der Waals surface area contributed by atoms with Gasteiger partial charge in [-0.2, -0.15) is 0 Å². The molecule has 0 radical (unpaired) electrons. The third kappa shape index (κ3) is 10.8. The Morgan fingerprint density at radius 1 is 0.172 bits per heavy atom. The topological polar surface area (TPSA) is 9.72 Å². The summed E-state index contributed by atoms with van der Waals surface area (Å²) in [5.41, 5.74) is 31.3. The molecule has 4 heteroatoms. The SMILES string of the molecule is c1ccc(-c2ccc(N(c3ccc(-c4ccccc4)cc3)c3cc4c5c(c3)N(c3c(-c6ccccc6)cccc3-c3ccccc3)c3ccc(-c6ccc7c8cccc9cccc(c%10cccc6c%107)c98)cc3B5c3cc(-c5ccc6c7cccc8cccc(c9cccc5c96)c87)ccc3N4c3c(-c4ccccc4)cccc3-c3ccccc3)cc2)cc1. The highest BCUT2D eigenvalue weighted by Gasteiger charge is 2.46. The Morgan fingerprint density at radius 2 is 0.451 bits per heavy atom. The second-order valence-electron chi connectivity index (χ2n) is 32.8. The van der Waals surface area contributed by atoms with Crippen LogP contribution in [-0.4, -0.2) is 6.71 Å². The largest absolute Gasteiger partial charge is 0.310 e. The number of para-hydroxylation sites is 2. The van der Waals surface area contributed by atoms with Crippen molar-refractivity contribution in [1.29, 1.82) is 0 Å². The Bertz CT molecular complexity index is 7410. The van der Waals surface area contributed by atoms with Crippen molar-refractivity contribution >= 4 is 160 Å². The minimum absolute atomic E-state index is 0.378. The molecule has 0 amide bonds. The van der Waals surface area contributed by atoms with E-state index in [0.717, 1.165) is 129 Å². The van der Waals surface area contributed by atoms with Crippen LogP contribution in [0.2, 0.25) is 0 Å². The fraction of sp³-hybridized carbons (Fsp3) is 0. The van der Waals surface area contributed by atoms with Crippen LogP contribution in [0.1, 0.15) is 0 Å². The van der Waals surface area contributed by atoms with Gasteiger partial charge in [-0.3, -0.25) is 0 Å². The Hall–Kier alpha value is -15.9. The standard InChI is InChI=1S/C118H74BN3/c1-7-27-75(28-8-1)77-55-61-87(62-56-77)120(88-63-57-78(58-64-88)76-29-9-2-10-30-76)89-73-110-116-111(74-89)122(118-94(81-35-15-5-16-36-81)45-24-46-95(118)82-37-17-6-18-38-82)109-70-60-86(91-66-68-105-101-50-22-42-84-40-20-48-99(113(84)101)103-54-26-52-97(91)115(103)105)72-107(109)119(116)106-71-85(90-65-67-104-100-49-21-41-83-39-19-47-98(112(83)100)102-53-25-51-96(90)114(102)104)59-69-108(106)121(110)117-92(79-31-11-3-12-32-79)43-23-44-93(117)80-33-13-4-14-34-80/h1-74H. The maximum absolute atomic E-state index is 2.70. The zero-order valence-electron chi connectivity index (χ0n) is 66.6. The Labute approximate surface area is 708 Å². The third-order valence-corrected chi connectivity index (χ3v) is 26.3. The van der Waals surface area contributed by atoms with E-state index in [0.29, 0.717) is 0 Å². The lowest BCUT2D eigenvalue weighted by Crippen LogP contribution is -2.61. The van der Waals surface area contributed by atoms with Crippen molar-refractivity contribution in [3.05, 3.63) is 449 Å². The molecule has 564 valence electrons. The van der Waals surface area contributed by atoms with E-state index in [4.69, 9.17) is 0 Å². The van der Waals surface area contributed by atoms with E-state index in [9.17, 15) is 0 Å². The quantitative estimate of drug-likeness (QED) is 0.0647. The molecule has 0 aliphatic carbocycles. The highest BCUT2D eigenvalue weighted by Crippen LogP contribution is 2.57. The predicted octanol–water partition coefficient (Wildman–Crippen LogP) is 30.7. The predicted molar refractivity (Wildman–Crippen MR) is 521 cm³/mol. The van der Waals surface area contributed by atoms with Crippen molar-refractivity contribution < 1.29 is 0 Å². The summed E-state index contributed by atoms with van der Waals surface area (Å²) in [4.78, 5) is 7.91. The van der Waals surface area contributed by atoms with Gasteiger partial charge >= 0.3 is 0 Å². The summed E-state index contributed by atoms with van der Waals surface area (Å²) in [5, 5.41) is 20.3. The molecule has 23 aromatic carbocycles. The van der Waals surface area contributed by atoms with E-state index in [1.54, 1.807) is 0 Å². The van der Waals surface area contributed by atoms with Crippen molar-refractivity contribution in [2.24, 2.45) is 0 Å². The van der Waals surface area contributed by atoms with E-state index >= 15 is 0 Å². The van der Waals surface area contributed by atoms with Gasteiger partial charge < -0.3 is 14.7 Å². The molecular weight excluding hydrogens is 1470 g/mol. The van der Waals surface area contributed by atoms with Gasteiger partial charge in [-0.1, -0.05) is 400 Å². The van der Waals surface area contributed by atoms with Gasteiger partial charge in [0.05, 0.1) is 17.1 Å². The summed E-state index contributed by atoms with van der Waals surface area (Å²) in [6.45, 7) is -0.378. The number of hydrogen-bond acceptors (Lipinski definition) is 3. The molecule has 3 nitrogen and oxygen atoms in total. The van der Waals surface area contributed by atoms with E-state index in [1.165, 1.54) is 114 Å². The average Bonchev–Trinajstić information content (AvgIpc) is 0.675. The van der Waals surface area contributed by atoms with Gasteiger partial charge in [0.15, 0.2) is 0 Å². The fourth-order valence-corrected chi connectivity index (χ4v) is 21.0. The number of fused-ring (bicyclic) bond motifs is 8. The van der Waals surface area contributed by atoms with E-state index in [-0.39, 0.29) is 6.71 Å². The number of benzene rings is 23. The van der Waals surface area contributed by atoms with Crippen LogP contribution in [0, 0.1) is 0 Å². The van der Waals surface area contributed by atoms with E-state index in [2.05, 4.69) is 464 Å². The highest BCUT2D eigenvalue weighted by atomic mass is 15.2.